The van der Waals surface area contributed by atoms with Gasteiger partial charge in [-0.2, -0.15) is 0 Å². The Balaban J connectivity index is 2.09. The van der Waals surface area contributed by atoms with Crippen LogP contribution in [0.5, 0.6) is 0 Å². The SMILES string of the molecule is Cc1cccc2nc(C(CN)c3ccccc3)oc12. The quantitative estimate of drug-likeness (QED) is 0.778. The van der Waals surface area contributed by atoms with Crippen LogP contribution < -0.4 is 5.73 Å². The number of fused-ring (bicyclic) bond motifs is 1. The Hall–Kier alpha value is -2.13. The number of hydrogen-bond donors (Lipinski definition) is 1. The Kier molecular flexibility index (Phi) is 3.05. The number of aryl methyl sites for hydroxylation is 1. The molecule has 0 saturated carbocycles. The molecule has 0 fully saturated rings. The average Bonchev–Trinajstić information content (AvgIpc) is 2.86. The van der Waals surface area contributed by atoms with Gasteiger partial charge in [-0.25, -0.2) is 4.98 Å². The number of nitrogens with zero attached hydrogens (tertiary/aromatic N) is 1. The molecule has 2 aromatic carbocycles. The first kappa shape index (κ1) is 11.9. The third-order valence-electron chi connectivity index (χ3n) is 3.36. The van der Waals surface area contributed by atoms with E-state index in [2.05, 4.69) is 17.1 Å². The van der Waals surface area contributed by atoms with Crippen LogP contribution in [0, 0.1) is 6.92 Å². The molecule has 19 heavy (non-hydrogen) atoms. The number of hydrogen-bond acceptors (Lipinski definition) is 3. The van der Waals surface area contributed by atoms with Crippen molar-refractivity contribution in [3.05, 3.63) is 65.5 Å². The van der Waals surface area contributed by atoms with E-state index in [9.17, 15) is 0 Å². The zero-order chi connectivity index (χ0) is 13.2. The number of benzene rings is 2. The van der Waals surface area contributed by atoms with Crippen molar-refractivity contribution in [3.63, 3.8) is 0 Å². The molecule has 1 atom stereocenters. The number of nitrogens with two attached hydrogens (primary N) is 1. The molecule has 0 spiro atoms. The van der Waals surface area contributed by atoms with Gasteiger partial charge in [-0.15, -0.1) is 0 Å². The molecule has 3 heteroatoms. The first-order chi connectivity index (χ1) is 9.29. The van der Waals surface area contributed by atoms with Crippen LogP contribution in [0.3, 0.4) is 0 Å². The topological polar surface area (TPSA) is 52.0 Å². The van der Waals surface area contributed by atoms with Crippen LogP contribution in [0.4, 0.5) is 0 Å². The van der Waals surface area contributed by atoms with Crippen LogP contribution in [0.2, 0.25) is 0 Å². The molecule has 96 valence electrons. The Labute approximate surface area is 112 Å². The minimum absolute atomic E-state index is 0.00741. The van der Waals surface area contributed by atoms with Gasteiger partial charge in [-0.3, -0.25) is 0 Å². The Morgan fingerprint density at radius 1 is 1.11 bits per heavy atom. The number of aromatic nitrogens is 1. The van der Waals surface area contributed by atoms with E-state index in [1.54, 1.807) is 0 Å². The smallest absolute Gasteiger partial charge is 0.204 e. The second-order valence-corrected chi connectivity index (χ2v) is 4.67. The summed E-state index contributed by atoms with van der Waals surface area (Å²) in [6, 6.07) is 16.1. The maximum atomic E-state index is 5.92. The van der Waals surface area contributed by atoms with Crippen molar-refractivity contribution in [3.8, 4) is 0 Å². The summed E-state index contributed by atoms with van der Waals surface area (Å²) in [4.78, 5) is 4.57. The van der Waals surface area contributed by atoms with Crippen LogP contribution in [0.25, 0.3) is 11.1 Å². The Morgan fingerprint density at radius 2 is 1.89 bits per heavy atom. The van der Waals surface area contributed by atoms with E-state index < -0.39 is 0 Å². The van der Waals surface area contributed by atoms with Gasteiger partial charge < -0.3 is 10.2 Å². The van der Waals surface area contributed by atoms with Crippen LogP contribution in [-0.4, -0.2) is 11.5 Å². The molecular formula is C16H16N2O. The lowest BCUT2D eigenvalue weighted by Gasteiger charge is -2.10. The van der Waals surface area contributed by atoms with Crippen molar-refractivity contribution in [1.82, 2.24) is 4.98 Å². The zero-order valence-corrected chi connectivity index (χ0v) is 10.8. The van der Waals surface area contributed by atoms with Gasteiger partial charge in [0.25, 0.3) is 0 Å². The van der Waals surface area contributed by atoms with Gasteiger partial charge in [0.2, 0.25) is 5.89 Å². The summed E-state index contributed by atoms with van der Waals surface area (Å²) in [5.41, 5.74) is 9.87. The number of oxazole rings is 1. The van der Waals surface area contributed by atoms with Gasteiger partial charge in [0.05, 0.1) is 5.92 Å². The predicted molar refractivity (Wildman–Crippen MR) is 76.1 cm³/mol. The molecule has 0 aliphatic carbocycles. The van der Waals surface area contributed by atoms with E-state index in [0.29, 0.717) is 12.4 Å². The van der Waals surface area contributed by atoms with Crippen LogP contribution in [-0.2, 0) is 0 Å². The monoisotopic (exact) mass is 252 g/mol. The maximum Gasteiger partial charge on any atom is 0.204 e. The Bertz CT molecular complexity index is 688. The maximum absolute atomic E-state index is 5.92. The minimum atomic E-state index is 0.00741. The number of para-hydroxylation sites is 1. The molecule has 0 radical (unpaired) electrons. The summed E-state index contributed by atoms with van der Waals surface area (Å²) >= 11 is 0. The lowest BCUT2D eigenvalue weighted by atomic mass is 9.99. The van der Waals surface area contributed by atoms with Gasteiger partial charge in [0.1, 0.15) is 5.52 Å². The van der Waals surface area contributed by atoms with E-state index >= 15 is 0 Å². The van der Waals surface area contributed by atoms with E-state index in [-0.39, 0.29) is 5.92 Å². The van der Waals surface area contributed by atoms with Gasteiger partial charge in [-0.1, -0.05) is 42.5 Å². The highest BCUT2D eigenvalue weighted by Crippen LogP contribution is 2.27. The standard InChI is InChI=1S/C16H16N2O/c1-11-6-5-9-14-15(11)19-16(18-14)13(10-17)12-7-3-2-4-8-12/h2-9,13H,10,17H2,1H3. The summed E-state index contributed by atoms with van der Waals surface area (Å²) in [6.07, 6.45) is 0. The fraction of sp³-hybridized carbons (Fsp3) is 0.188. The van der Waals surface area contributed by atoms with Gasteiger partial charge in [0, 0.05) is 6.54 Å². The van der Waals surface area contributed by atoms with E-state index in [4.69, 9.17) is 10.2 Å². The van der Waals surface area contributed by atoms with E-state index in [0.717, 1.165) is 22.2 Å². The minimum Gasteiger partial charge on any atom is -0.440 e. The van der Waals surface area contributed by atoms with E-state index in [1.165, 1.54) is 0 Å². The number of rotatable bonds is 3. The molecule has 3 aromatic rings. The highest BCUT2D eigenvalue weighted by Gasteiger charge is 2.19. The molecule has 0 saturated heterocycles. The van der Waals surface area contributed by atoms with Crippen LogP contribution in [0.1, 0.15) is 22.9 Å². The molecule has 3 rings (SSSR count). The zero-order valence-electron chi connectivity index (χ0n) is 10.8. The molecule has 0 amide bonds. The largest absolute Gasteiger partial charge is 0.440 e. The van der Waals surface area contributed by atoms with Gasteiger partial charge >= 0.3 is 0 Å². The first-order valence-electron chi connectivity index (χ1n) is 6.40. The van der Waals surface area contributed by atoms with Crippen molar-refractivity contribution in [2.45, 2.75) is 12.8 Å². The summed E-state index contributed by atoms with van der Waals surface area (Å²) in [6.45, 7) is 2.51. The van der Waals surface area contributed by atoms with Gasteiger partial charge in [0.15, 0.2) is 5.58 Å². The summed E-state index contributed by atoms with van der Waals surface area (Å²) < 4.78 is 5.92. The Morgan fingerprint density at radius 3 is 2.58 bits per heavy atom. The highest BCUT2D eigenvalue weighted by atomic mass is 16.3. The fourth-order valence-electron chi connectivity index (χ4n) is 2.32. The van der Waals surface area contributed by atoms with Gasteiger partial charge in [-0.05, 0) is 24.1 Å². The lowest BCUT2D eigenvalue weighted by molar-refractivity contribution is 0.501. The molecule has 3 nitrogen and oxygen atoms in total. The van der Waals surface area contributed by atoms with Crippen LogP contribution in [0.15, 0.2) is 52.9 Å². The van der Waals surface area contributed by atoms with Crippen LogP contribution >= 0.6 is 0 Å². The fourth-order valence-corrected chi connectivity index (χ4v) is 2.32. The summed E-state index contributed by atoms with van der Waals surface area (Å²) in [5.74, 6) is 0.700. The van der Waals surface area contributed by atoms with Crippen molar-refractivity contribution < 1.29 is 4.42 Å². The van der Waals surface area contributed by atoms with E-state index in [1.807, 2.05) is 43.3 Å². The molecule has 0 aliphatic rings. The predicted octanol–water partition coefficient (Wildman–Crippen LogP) is 3.23. The second kappa shape index (κ2) is 4.86. The molecular weight excluding hydrogens is 236 g/mol. The lowest BCUT2D eigenvalue weighted by Crippen LogP contribution is -2.14. The molecule has 0 bridgehead atoms. The summed E-state index contributed by atoms with van der Waals surface area (Å²) in [5, 5.41) is 0. The first-order valence-corrected chi connectivity index (χ1v) is 6.40. The third kappa shape index (κ3) is 2.13. The molecule has 1 unspecified atom stereocenters. The highest BCUT2D eigenvalue weighted by molar-refractivity contribution is 5.76. The molecule has 1 heterocycles. The van der Waals surface area contributed by atoms with Crippen molar-refractivity contribution in [1.29, 1.82) is 0 Å². The average molecular weight is 252 g/mol. The van der Waals surface area contributed by atoms with Crippen molar-refractivity contribution in [2.75, 3.05) is 6.54 Å². The normalized spacial score (nSPS) is 12.7. The molecule has 0 aliphatic heterocycles. The molecule has 1 aromatic heterocycles. The molecule has 2 N–H and O–H groups in total. The third-order valence-corrected chi connectivity index (χ3v) is 3.36. The van der Waals surface area contributed by atoms with Crippen molar-refractivity contribution >= 4 is 11.1 Å². The van der Waals surface area contributed by atoms with Crippen molar-refractivity contribution in [2.24, 2.45) is 5.73 Å². The summed E-state index contributed by atoms with van der Waals surface area (Å²) in [7, 11) is 0. The second-order valence-electron chi connectivity index (χ2n) is 4.67.